The van der Waals surface area contributed by atoms with E-state index in [1.165, 1.54) is 37.7 Å². The zero-order valence-electron chi connectivity index (χ0n) is 13.5. The van der Waals surface area contributed by atoms with E-state index in [1.54, 1.807) is 0 Å². The Morgan fingerprint density at radius 3 is 1.63 bits per heavy atom. The smallest absolute Gasteiger partial charge is 0.0841 e. The van der Waals surface area contributed by atoms with E-state index < -0.39 is 0 Å². The van der Waals surface area contributed by atoms with Crippen molar-refractivity contribution in [3.05, 3.63) is 35.9 Å². The van der Waals surface area contributed by atoms with Gasteiger partial charge in [0.15, 0.2) is 0 Å². The largest absolute Gasteiger partial charge is 0.370 e. The monoisotopic (exact) mass is 264 g/mol. The number of hydrogen-bond donors (Lipinski definition) is 0. The molecule has 110 valence electrons. The molecule has 0 amide bonds. The van der Waals surface area contributed by atoms with Gasteiger partial charge in [-0.2, -0.15) is 0 Å². The Morgan fingerprint density at radius 1 is 0.947 bits per heavy atom. The van der Waals surface area contributed by atoms with Crippen LogP contribution in [0, 0.1) is 6.92 Å². The molecule has 0 spiro atoms. The number of benzene rings is 1. The summed E-state index contributed by atoms with van der Waals surface area (Å²) in [6, 6.07) is 10.3. The van der Waals surface area contributed by atoms with Crippen LogP contribution in [0.25, 0.3) is 0 Å². The van der Waals surface area contributed by atoms with Gasteiger partial charge >= 0.3 is 0 Å². The molecule has 0 bridgehead atoms. The van der Waals surface area contributed by atoms with Crippen LogP contribution in [-0.4, -0.2) is 12.2 Å². The maximum atomic E-state index is 5.28. The van der Waals surface area contributed by atoms with Crippen molar-refractivity contribution in [1.82, 2.24) is 0 Å². The lowest BCUT2D eigenvalue weighted by molar-refractivity contribution is 0.373. The highest BCUT2D eigenvalue weighted by atomic mass is 16.6. The molecule has 2 aliphatic rings. The molecular weight excluding hydrogens is 232 g/mol. The molecule has 1 aromatic rings. The average molecular weight is 264 g/mol. The van der Waals surface area contributed by atoms with Crippen molar-refractivity contribution in [2.24, 2.45) is 0 Å². The molecule has 2 fully saturated rings. The number of aryl methyl sites for hydroxylation is 1. The van der Waals surface area contributed by atoms with Crippen molar-refractivity contribution in [3.8, 4) is 0 Å². The fraction of sp³-hybridized carbons (Fsp3) is 0.667. The molecule has 0 aromatic heterocycles. The van der Waals surface area contributed by atoms with Crippen molar-refractivity contribution >= 4 is 0 Å². The van der Waals surface area contributed by atoms with Crippen LogP contribution in [0.1, 0.15) is 65.4 Å². The minimum absolute atomic E-state index is 0.703. The summed E-state index contributed by atoms with van der Waals surface area (Å²) in [7, 11) is 0. The second-order valence-corrected chi connectivity index (χ2v) is 4.86. The lowest BCUT2D eigenvalue weighted by Gasteiger charge is -2.00. The molecule has 1 heterocycles. The van der Waals surface area contributed by atoms with E-state index in [0.29, 0.717) is 12.2 Å². The Balaban J connectivity index is 0.000000258. The van der Waals surface area contributed by atoms with Crippen molar-refractivity contribution < 1.29 is 4.74 Å². The predicted molar refractivity (Wildman–Crippen MR) is 85.6 cm³/mol. The van der Waals surface area contributed by atoms with Crippen LogP contribution in [0.3, 0.4) is 0 Å². The lowest BCUT2D eigenvalue weighted by Crippen LogP contribution is -2.00. The molecule has 1 aliphatic carbocycles. The molecular formula is C18H32O. The van der Waals surface area contributed by atoms with Crippen LogP contribution in [0.5, 0.6) is 0 Å². The number of fused-ring (bicyclic) bond motifs is 1. The Kier molecular flexibility index (Phi) is 11.7. The lowest BCUT2D eigenvalue weighted by atomic mass is 10.0. The maximum Gasteiger partial charge on any atom is 0.0841 e. The number of rotatable bonds is 0. The van der Waals surface area contributed by atoms with Gasteiger partial charge in [-0.05, 0) is 19.8 Å². The van der Waals surface area contributed by atoms with E-state index in [9.17, 15) is 0 Å². The third-order valence-electron chi connectivity index (χ3n) is 2.86. The molecule has 2 atom stereocenters. The molecule has 1 saturated carbocycles. The van der Waals surface area contributed by atoms with Gasteiger partial charge in [0.2, 0.25) is 0 Å². The van der Waals surface area contributed by atoms with Gasteiger partial charge in [-0.25, -0.2) is 0 Å². The fourth-order valence-corrected chi connectivity index (χ4v) is 1.91. The molecule has 1 saturated heterocycles. The SMILES string of the molecule is C1CCC2OC2C1.CC.CCC.Cc1ccccc1. The number of epoxide rings is 1. The van der Waals surface area contributed by atoms with E-state index >= 15 is 0 Å². The highest BCUT2D eigenvalue weighted by Crippen LogP contribution is 2.35. The third-order valence-corrected chi connectivity index (χ3v) is 2.86. The van der Waals surface area contributed by atoms with Gasteiger partial charge in [0.1, 0.15) is 0 Å². The van der Waals surface area contributed by atoms with Crippen molar-refractivity contribution in [1.29, 1.82) is 0 Å². The Hall–Kier alpha value is -0.820. The molecule has 2 unspecified atom stereocenters. The van der Waals surface area contributed by atoms with Crippen LogP contribution in [-0.2, 0) is 4.74 Å². The summed E-state index contributed by atoms with van der Waals surface area (Å²) < 4.78 is 5.28. The van der Waals surface area contributed by atoms with Gasteiger partial charge in [0.25, 0.3) is 0 Å². The van der Waals surface area contributed by atoms with E-state index in [-0.39, 0.29) is 0 Å². The molecule has 0 N–H and O–H groups in total. The number of ether oxygens (including phenoxy) is 1. The average Bonchev–Trinajstić information content (AvgIpc) is 3.23. The maximum absolute atomic E-state index is 5.28. The Labute approximate surface area is 120 Å². The van der Waals surface area contributed by atoms with Gasteiger partial charge in [-0.1, -0.05) is 82.9 Å². The zero-order chi connectivity index (χ0) is 14.5. The van der Waals surface area contributed by atoms with Crippen LogP contribution >= 0.6 is 0 Å². The van der Waals surface area contributed by atoms with Crippen LogP contribution in [0.4, 0.5) is 0 Å². The minimum atomic E-state index is 0.703. The van der Waals surface area contributed by atoms with Crippen molar-refractivity contribution in [2.45, 2.75) is 78.9 Å². The summed E-state index contributed by atoms with van der Waals surface area (Å²) in [5.41, 5.74) is 1.32. The van der Waals surface area contributed by atoms with Gasteiger partial charge in [0.05, 0.1) is 12.2 Å². The van der Waals surface area contributed by atoms with Gasteiger partial charge in [-0.3, -0.25) is 0 Å². The van der Waals surface area contributed by atoms with E-state index in [4.69, 9.17) is 4.74 Å². The molecule has 3 rings (SSSR count). The van der Waals surface area contributed by atoms with E-state index in [0.717, 1.165) is 0 Å². The topological polar surface area (TPSA) is 12.5 Å². The highest BCUT2D eigenvalue weighted by molar-refractivity contribution is 5.11. The first-order valence-electron chi connectivity index (χ1n) is 7.95. The molecule has 1 aromatic carbocycles. The van der Waals surface area contributed by atoms with Crippen LogP contribution in [0.2, 0.25) is 0 Å². The predicted octanol–water partition coefficient (Wildman–Crippen LogP) is 5.77. The van der Waals surface area contributed by atoms with Gasteiger partial charge in [-0.15, -0.1) is 0 Å². The molecule has 19 heavy (non-hydrogen) atoms. The van der Waals surface area contributed by atoms with Crippen LogP contribution < -0.4 is 0 Å². The summed E-state index contributed by atoms with van der Waals surface area (Å²) in [6.07, 6.45) is 8.14. The van der Waals surface area contributed by atoms with Gasteiger partial charge < -0.3 is 4.74 Å². The third kappa shape index (κ3) is 9.72. The van der Waals surface area contributed by atoms with Crippen molar-refractivity contribution in [3.63, 3.8) is 0 Å². The quantitative estimate of drug-likeness (QED) is 0.542. The first-order valence-corrected chi connectivity index (χ1v) is 7.95. The highest BCUT2D eigenvalue weighted by Gasteiger charge is 2.39. The summed E-state index contributed by atoms with van der Waals surface area (Å²) in [6.45, 7) is 10.3. The Morgan fingerprint density at radius 2 is 1.37 bits per heavy atom. The molecule has 1 nitrogen and oxygen atoms in total. The Bertz CT molecular complexity index is 271. The standard InChI is InChI=1S/C7H8.C6H10O.C3H8.C2H6/c1-7-5-3-2-4-6-7;1-2-4-6-5(3-1)7-6;1-3-2;1-2/h2-6H,1H3;5-6H,1-4H2;3H2,1-2H3;1-2H3. The normalized spacial score (nSPS) is 22.2. The first kappa shape index (κ1) is 18.2. The summed E-state index contributed by atoms with van der Waals surface area (Å²) in [5.74, 6) is 0. The summed E-state index contributed by atoms with van der Waals surface area (Å²) >= 11 is 0. The second kappa shape index (κ2) is 12.2. The van der Waals surface area contributed by atoms with Crippen molar-refractivity contribution in [2.75, 3.05) is 0 Å². The van der Waals surface area contributed by atoms with E-state index in [2.05, 4.69) is 32.9 Å². The molecule has 1 aliphatic heterocycles. The van der Waals surface area contributed by atoms with Gasteiger partial charge in [0, 0.05) is 0 Å². The minimum Gasteiger partial charge on any atom is -0.370 e. The summed E-state index contributed by atoms with van der Waals surface area (Å²) in [5, 5.41) is 0. The summed E-state index contributed by atoms with van der Waals surface area (Å²) in [4.78, 5) is 0. The van der Waals surface area contributed by atoms with E-state index in [1.807, 2.05) is 32.0 Å². The first-order chi connectivity index (χ1) is 9.27. The molecule has 1 heteroatoms. The second-order valence-electron chi connectivity index (χ2n) is 4.86. The fourth-order valence-electron chi connectivity index (χ4n) is 1.91. The molecule has 0 radical (unpaired) electrons. The zero-order valence-corrected chi connectivity index (χ0v) is 13.5. The van der Waals surface area contributed by atoms with Crippen LogP contribution in [0.15, 0.2) is 30.3 Å². The number of hydrogen-bond acceptors (Lipinski definition) is 1.